The topological polar surface area (TPSA) is 90.7 Å². The Balaban J connectivity index is 2.71. The molecule has 0 fully saturated rings. The Morgan fingerprint density at radius 3 is 2.38 bits per heavy atom. The van der Waals surface area contributed by atoms with Gasteiger partial charge in [0.2, 0.25) is 0 Å². The number of primary amides is 1. The van der Waals surface area contributed by atoms with Crippen molar-refractivity contribution in [2.75, 3.05) is 0 Å². The first-order valence-corrected chi connectivity index (χ1v) is 3.55. The molecule has 0 radical (unpaired) electrons. The van der Waals surface area contributed by atoms with Crippen molar-refractivity contribution in [2.45, 2.75) is 0 Å². The van der Waals surface area contributed by atoms with E-state index in [1.165, 1.54) is 0 Å². The number of benzene rings is 1. The van der Waals surface area contributed by atoms with Gasteiger partial charge in [-0.3, -0.25) is 0 Å². The van der Waals surface area contributed by atoms with Crippen LogP contribution in [0.4, 0.5) is 10.5 Å². The lowest BCUT2D eigenvalue weighted by atomic mass is 10.3. The minimum Gasteiger partial charge on any atom is -0.376 e. The predicted molar refractivity (Wildman–Crippen MR) is 48.4 cm³/mol. The zero-order chi connectivity index (χ0) is 9.68. The third-order valence-corrected chi connectivity index (χ3v) is 1.20. The second kappa shape index (κ2) is 4.10. The molecule has 0 heterocycles. The minimum atomic E-state index is -0.975. The summed E-state index contributed by atoms with van der Waals surface area (Å²) >= 11 is 0. The van der Waals surface area contributed by atoms with Crippen LogP contribution in [0.5, 0.6) is 0 Å². The lowest BCUT2D eigenvalue weighted by molar-refractivity contribution is 0.207. The fraction of sp³-hybridized carbons (Fsp3) is 0. The maximum atomic E-state index is 10.2. The molecule has 0 aliphatic rings. The molecule has 0 aliphatic carbocycles. The molecular weight excluding hydrogens is 170 g/mol. The second-order valence-electron chi connectivity index (χ2n) is 2.21. The van der Waals surface area contributed by atoms with Gasteiger partial charge in [-0.1, -0.05) is 18.2 Å². The van der Waals surface area contributed by atoms with E-state index >= 15 is 0 Å². The molecule has 0 aromatic heterocycles. The molecular formula is C8H9N3O2. The van der Waals surface area contributed by atoms with Gasteiger partial charge in [0.15, 0.2) is 0 Å². The third kappa shape index (κ3) is 3.24. The number of nitrogens with two attached hydrogens (primary N) is 2. The number of para-hydroxylation sites is 1. The number of ether oxygens (including phenoxy) is 1. The van der Waals surface area contributed by atoms with Crippen molar-refractivity contribution in [3.05, 3.63) is 30.3 Å². The van der Waals surface area contributed by atoms with E-state index in [4.69, 9.17) is 11.5 Å². The van der Waals surface area contributed by atoms with Gasteiger partial charge in [-0.05, 0) is 12.1 Å². The first-order valence-electron chi connectivity index (χ1n) is 3.55. The summed E-state index contributed by atoms with van der Waals surface area (Å²) in [5.74, 6) is 0. The quantitative estimate of drug-likeness (QED) is 0.491. The molecule has 5 heteroatoms. The first kappa shape index (κ1) is 9.05. The highest BCUT2D eigenvalue weighted by atomic mass is 16.6. The minimum absolute atomic E-state index is 0.265. The van der Waals surface area contributed by atoms with E-state index in [1.54, 1.807) is 24.3 Å². The lowest BCUT2D eigenvalue weighted by Gasteiger charge is -1.97. The molecule has 13 heavy (non-hydrogen) atoms. The number of amides is 1. The van der Waals surface area contributed by atoms with Crippen LogP contribution in [-0.4, -0.2) is 12.1 Å². The van der Waals surface area contributed by atoms with E-state index in [1.807, 2.05) is 6.07 Å². The van der Waals surface area contributed by atoms with Crippen molar-refractivity contribution in [3.8, 4) is 0 Å². The van der Waals surface area contributed by atoms with Crippen LogP contribution >= 0.6 is 0 Å². The van der Waals surface area contributed by atoms with Crippen LogP contribution in [0.2, 0.25) is 0 Å². The van der Waals surface area contributed by atoms with Gasteiger partial charge < -0.3 is 16.2 Å². The van der Waals surface area contributed by atoms with Gasteiger partial charge in [0.05, 0.1) is 5.69 Å². The maximum absolute atomic E-state index is 10.2. The zero-order valence-electron chi connectivity index (χ0n) is 6.81. The molecule has 5 nitrogen and oxygen atoms in total. The van der Waals surface area contributed by atoms with Crippen LogP contribution in [0, 0.1) is 0 Å². The average molecular weight is 179 g/mol. The Hall–Kier alpha value is -2.04. The van der Waals surface area contributed by atoms with E-state index < -0.39 is 6.09 Å². The Bertz CT molecular complexity index is 321. The summed E-state index contributed by atoms with van der Waals surface area (Å²) in [5, 5.41) is 0. The van der Waals surface area contributed by atoms with Crippen LogP contribution in [0.15, 0.2) is 35.3 Å². The summed E-state index contributed by atoms with van der Waals surface area (Å²) in [4.78, 5) is 14.0. The number of carbonyl (C=O) groups excluding carboxylic acids is 1. The van der Waals surface area contributed by atoms with Crippen LogP contribution in [0.3, 0.4) is 0 Å². The smallest absolute Gasteiger partial charge is 0.376 e. The number of aliphatic imine (C=N–C) groups is 1. The summed E-state index contributed by atoms with van der Waals surface area (Å²) in [6.07, 6.45) is -0.975. The number of hydrogen-bond acceptors (Lipinski definition) is 3. The zero-order valence-corrected chi connectivity index (χ0v) is 6.81. The molecule has 0 saturated carbocycles. The van der Waals surface area contributed by atoms with Crippen molar-refractivity contribution in [1.29, 1.82) is 0 Å². The van der Waals surface area contributed by atoms with E-state index in [9.17, 15) is 4.79 Å². The van der Waals surface area contributed by atoms with E-state index in [0.29, 0.717) is 5.69 Å². The molecule has 1 amide bonds. The number of hydrogen-bond donors (Lipinski definition) is 2. The van der Waals surface area contributed by atoms with Gasteiger partial charge in [-0.25, -0.2) is 4.79 Å². The van der Waals surface area contributed by atoms with Crippen LogP contribution in [0.1, 0.15) is 0 Å². The highest BCUT2D eigenvalue weighted by Crippen LogP contribution is 2.08. The van der Waals surface area contributed by atoms with Gasteiger partial charge in [-0.15, -0.1) is 0 Å². The molecule has 4 N–H and O–H groups in total. The van der Waals surface area contributed by atoms with E-state index in [2.05, 4.69) is 9.73 Å². The van der Waals surface area contributed by atoms with Crippen LogP contribution in [-0.2, 0) is 4.74 Å². The third-order valence-electron chi connectivity index (χ3n) is 1.20. The molecule has 0 unspecified atom stereocenters. The summed E-state index contributed by atoms with van der Waals surface area (Å²) in [7, 11) is 0. The fourth-order valence-electron chi connectivity index (χ4n) is 0.756. The van der Waals surface area contributed by atoms with Gasteiger partial charge in [0, 0.05) is 0 Å². The summed E-state index contributed by atoms with van der Waals surface area (Å²) in [5.41, 5.74) is 10.6. The number of nitrogens with zero attached hydrogens (tertiary/aromatic N) is 1. The first-order chi connectivity index (χ1) is 6.18. The van der Waals surface area contributed by atoms with Crippen LogP contribution in [0.25, 0.3) is 0 Å². The molecule has 0 aliphatic heterocycles. The van der Waals surface area contributed by atoms with Crippen molar-refractivity contribution < 1.29 is 9.53 Å². The molecule has 0 atom stereocenters. The molecule has 1 aromatic carbocycles. The van der Waals surface area contributed by atoms with Crippen molar-refractivity contribution in [1.82, 2.24) is 0 Å². The van der Waals surface area contributed by atoms with Crippen LogP contribution < -0.4 is 11.5 Å². The molecule has 68 valence electrons. The molecule has 0 saturated heterocycles. The van der Waals surface area contributed by atoms with Gasteiger partial charge in [0.1, 0.15) is 0 Å². The van der Waals surface area contributed by atoms with Gasteiger partial charge >= 0.3 is 6.09 Å². The predicted octanol–water partition coefficient (Wildman–Crippen LogP) is 0.728. The summed E-state index contributed by atoms with van der Waals surface area (Å²) in [6, 6.07) is 8.59. The largest absolute Gasteiger partial charge is 0.412 e. The molecule has 0 bridgehead atoms. The maximum Gasteiger partial charge on any atom is 0.412 e. The summed E-state index contributed by atoms with van der Waals surface area (Å²) < 4.78 is 4.32. The standard InChI is InChI=1S/C8H9N3O2/c9-7(13-8(10)12)11-6-4-2-1-3-5-6/h1-5H,(H2,9,11)(H2,10,12). The highest BCUT2D eigenvalue weighted by molar-refractivity contribution is 5.86. The van der Waals surface area contributed by atoms with Gasteiger partial charge in [0.25, 0.3) is 6.02 Å². The van der Waals surface area contributed by atoms with E-state index in [-0.39, 0.29) is 6.02 Å². The normalized spacial score (nSPS) is 10.9. The van der Waals surface area contributed by atoms with Crippen molar-refractivity contribution in [3.63, 3.8) is 0 Å². The fourth-order valence-corrected chi connectivity index (χ4v) is 0.756. The SMILES string of the molecule is NC(=O)OC(N)=Nc1ccccc1. The van der Waals surface area contributed by atoms with Crippen molar-refractivity contribution in [2.24, 2.45) is 16.5 Å². The monoisotopic (exact) mass is 179 g/mol. The Morgan fingerprint density at radius 2 is 1.85 bits per heavy atom. The van der Waals surface area contributed by atoms with E-state index in [0.717, 1.165) is 0 Å². The average Bonchev–Trinajstić information content (AvgIpc) is 2.04. The second-order valence-corrected chi connectivity index (χ2v) is 2.21. The molecule has 1 rings (SSSR count). The van der Waals surface area contributed by atoms with Gasteiger partial charge in [-0.2, -0.15) is 4.99 Å². The highest BCUT2D eigenvalue weighted by Gasteiger charge is 1.97. The molecule has 0 spiro atoms. The Kier molecular flexibility index (Phi) is 2.86. The summed E-state index contributed by atoms with van der Waals surface area (Å²) in [6.45, 7) is 0. The Labute approximate surface area is 75.0 Å². The number of rotatable bonds is 1. The molecule has 1 aromatic rings. The number of carbonyl (C=O) groups is 1. The Morgan fingerprint density at radius 1 is 1.23 bits per heavy atom. The number of amidine groups is 1. The lowest BCUT2D eigenvalue weighted by Crippen LogP contribution is -2.24. The van der Waals surface area contributed by atoms with Crippen molar-refractivity contribution >= 4 is 17.8 Å².